The van der Waals surface area contributed by atoms with Crippen LogP contribution in [0.15, 0.2) is 30.3 Å². The van der Waals surface area contributed by atoms with Gasteiger partial charge in [0.25, 0.3) is 0 Å². The third-order valence-electron chi connectivity index (χ3n) is 3.37. The molecule has 1 heterocycles. The number of ether oxygens (including phenoxy) is 1. The molecule has 0 radical (unpaired) electrons. The number of amides is 2. The first kappa shape index (κ1) is 15.4. The molecule has 2 N–H and O–H groups in total. The standard InChI is InChI=1S/C17H22N2O2/c20-17(19-13-11-16-10-4-5-14-21-16)18-12-6-9-15-7-2-1-3-8-15/h1-3,7-8,16H,4-5,10-14H2,(H2,18,19,20). The van der Waals surface area contributed by atoms with Crippen LogP contribution < -0.4 is 10.6 Å². The average molecular weight is 286 g/mol. The first-order chi connectivity index (χ1) is 10.3. The van der Waals surface area contributed by atoms with Crippen LogP contribution in [0.3, 0.4) is 0 Å². The van der Waals surface area contributed by atoms with Crippen molar-refractivity contribution in [1.29, 1.82) is 0 Å². The van der Waals surface area contributed by atoms with Crippen LogP contribution >= 0.6 is 0 Å². The summed E-state index contributed by atoms with van der Waals surface area (Å²) in [6, 6.07) is 9.55. The molecule has 1 aromatic rings. The number of benzene rings is 1. The van der Waals surface area contributed by atoms with Gasteiger partial charge in [0, 0.05) is 18.7 Å². The van der Waals surface area contributed by atoms with Crippen molar-refractivity contribution in [2.24, 2.45) is 0 Å². The molecule has 21 heavy (non-hydrogen) atoms. The van der Waals surface area contributed by atoms with Crippen LogP contribution in [-0.2, 0) is 4.74 Å². The Morgan fingerprint density at radius 1 is 1.24 bits per heavy atom. The fourth-order valence-electron chi connectivity index (χ4n) is 2.24. The first-order valence-corrected chi connectivity index (χ1v) is 7.52. The molecule has 2 rings (SSSR count). The maximum atomic E-state index is 11.6. The molecular weight excluding hydrogens is 264 g/mol. The number of carbonyl (C=O) groups excluding carboxylic acids is 1. The molecule has 4 nitrogen and oxygen atoms in total. The van der Waals surface area contributed by atoms with Gasteiger partial charge in [-0.2, -0.15) is 0 Å². The van der Waals surface area contributed by atoms with E-state index < -0.39 is 0 Å². The minimum atomic E-state index is -0.173. The van der Waals surface area contributed by atoms with E-state index in [9.17, 15) is 4.79 Å². The molecule has 1 aliphatic heterocycles. The lowest BCUT2D eigenvalue weighted by molar-refractivity contribution is 0.0120. The second-order valence-electron chi connectivity index (χ2n) is 5.05. The summed E-state index contributed by atoms with van der Waals surface area (Å²) in [5.41, 5.74) is 0.953. The van der Waals surface area contributed by atoms with Crippen molar-refractivity contribution in [1.82, 2.24) is 10.6 Å². The van der Waals surface area contributed by atoms with E-state index in [-0.39, 0.29) is 6.03 Å². The third-order valence-corrected chi connectivity index (χ3v) is 3.37. The Kier molecular flexibility index (Phi) is 6.63. The van der Waals surface area contributed by atoms with Gasteiger partial charge in [0.2, 0.25) is 0 Å². The highest BCUT2D eigenvalue weighted by Gasteiger charge is 2.13. The largest absolute Gasteiger partial charge is 0.378 e. The first-order valence-electron chi connectivity index (χ1n) is 7.52. The lowest BCUT2D eigenvalue weighted by atomic mass is 10.1. The molecule has 112 valence electrons. The van der Waals surface area contributed by atoms with Gasteiger partial charge in [-0.15, -0.1) is 0 Å². The van der Waals surface area contributed by atoms with E-state index in [2.05, 4.69) is 22.5 Å². The second kappa shape index (κ2) is 9.04. The van der Waals surface area contributed by atoms with Gasteiger partial charge in [-0.25, -0.2) is 4.79 Å². The fraction of sp³-hybridized carbons (Fsp3) is 0.471. The SMILES string of the molecule is O=C(NCC#Cc1ccccc1)NCCC1CCCCO1. The molecule has 0 bridgehead atoms. The van der Waals surface area contributed by atoms with Crippen molar-refractivity contribution in [3.05, 3.63) is 35.9 Å². The minimum absolute atomic E-state index is 0.173. The summed E-state index contributed by atoms with van der Waals surface area (Å²) < 4.78 is 5.61. The van der Waals surface area contributed by atoms with Gasteiger partial charge in [0.1, 0.15) is 0 Å². The highest BCUT2D eigenvalue weighted by molar-refractivity contribution is 5.74. The molecule has 1 unspecified atom stereocenters. The number of hydrogen-bond acceptors (Lipinski definition) is 2. The Morgan fingerprint density at radius 3 is 2.86 bits per heavy atom. The van der Waals surface area contributed by atoms with Crippen LogP contribution in [0.4, 0.5) is 4.79 Å². The van der Waals surface area contributed by atoms with Gasteiger partial charge in [-0.3, -0.25) is 0 Å². The summed E-state index contributed by atoms with van der Waals surface area (Å²) in [5.74, 6) is 5.92. The minimum Gasteiger partial charge on any atom is -0.378 e. The zero-order valence-corrected chi connectivity index (χ0v) is 12.2. The van der Waals surface area contributed by atoms with Crippen molar-refractivity contribution in [3.63, 3.8) is 0 Å². The summed E-state index contributed by atoms with van der Waals surface area (Å²) in [6.45, 7) is 1.84. The van der Waals surface area contributed by atoms with Gasteiger partial charge in [0.15, 0.2) is 0 Å². The predicted molar refractivity (Wildman–Crippen MR) is 82.9 cm³/mol. The van der Waals surface area contributed by atoms with E-state index in [1.807, 2.05) is 30.3 Å². The third kappa shape index (κ3) is 6.33. The van der Waals surface area contributed by atoms with Gasteiger partial charge in [-0.05, 0) is 37.8 Å². The predicted octanol–water partition coefficient (Wildman–Crippen LogP) is 2.30. The number of hydrogen-bond donors (Lipinski definition) is 2. The molecule has 0 spiro atoms. The summed E-state index contributed by atoms with van der Waals surface area (Å²) in [7, 11) is 0. The number of nitrogens with one attached hydrogen (secondary N) is 2. The van der Waals surface area contributed by atoms with Crippen LogP contribution in [0.2, 0.25) is 0 Å². The van der Waals surface area contributed by atoms with Gasteiger partial charge < -0.3 is 15.4 Å². The zero-order valence-electron chi connectivity index (χ0n) is 12.2. The second-order valence-corrected chi connectivity index (χ2v) is 5.05. The van der Waals surface area contributed by atoms with Crippen LogP contribution in [0, 0.1) is 11.8 Å². The number of carbonyl (C=O) groups is 1. The summed E-state index contributed by atoms with van der Waals surface area (Å²) in [4.78, 5) is 11.6. The normalized spacial score (nSPS) is 17.4. The molecule has 1 aromatic carbocycles. The van der Waals surface area contributed by atoms with E-state index >= 15 is 0 Å². The Bertz CT molecular complexity index is 485. The van der Waals surface area contributed by atoms with Crippen molar-refractivity contribution < 1.29 is 9.53 Å². The Labute approximate surface area is 126 Å². The Balaban J connectivity index is 1.56. The summed E-state index contributed by atoms with van der Waals surface area (Å²) in [5, 5.41) is 5.56. The van der Waals surface area contributed by atoms with Crippen LogP contribution in [0.1, 0.15) is 31.2 Å². The van der Waals surface area contributed by atoms with Crippen LogP contribution in [0.5, 0.6) is 0 Å². The molecule has 0 aliphatic carbocycles. The van der Waals surface area contributed by atoms with E-state index in [1.54, 1.807) is 0 Å². The molecule has 4 heteroatoms. The van der Waals surface area contributed by atoms with E-state index in [0.29, 0.717) is 19.2 Å². The van der Waals surface area contributed by atoms with E-state index in [1.165, 1.54) is 6.42 Å². The summed E-state index contributed by atoms with van der Waals surface area (Å²) in [6.07, 6.45) is 4.67. The van der Waals surface area contributed by atoms with Crippen LogP contribution in [0.25, 0.3) is 0 Å². The van der Waals surface area contributed by atoms with Crippen molar-refractivity contribution in [2.75, 3.05) is 19.7 Å². The monoisotopic (exact) mass is 286 g/mol. The van der Waals surface area contributed by atoms with E-state index in [4.69, 9.17) is 4.74 Å². The number of rotatable bonds is 4. The summed E-state index contributed by atoms with van der Waals surface area (Å²) >= 11 is 0. The van der Waals surface area contributed by atoms with Crippen LogP contribution in [-0.4, -0.2) is 31.8 Å². The maximum absolute atomic E-state index is 11.6. The number of urea groups is 1. The molecule has 1 saturated heterocycles. The quantitative estimate of drug-likeness (QED) is 0.834. The zero-order chi connectivity index (χ0) is 14.8. The smallest absolute Gasteiger partial charge is 0.315 e. The van der Waals surface area contributed by atoms with E-state index in [0.717, 1.165) is 31.4 Å². The highest BCUT2D eigenvalue weighted by atomic mass is 16.5. The maximum Gasteiger partial charge on any atom is 0.315 e. The Hall–Kier alpha value is -1.99. The molecule has 1 aliphatic rings. The molecular formula is C17H22N2O2. The van der Waals surface area contributed by atoms with Gasteiger partial charge >= 0.3 is 6.03 Å². The van der Waals surface area contributed by atoms with Gasteiger partial charge in [0.05, 0.1) is 12.6 Å². The molecule has 0 aromatic heterocycles. The highest BCUT2D eigenvalue weighted by Crippen LogP contribution is 2.14. The lowest BCUT2D eigenvalue weighted by Gasteiger charge is -2.22. The Morgan fingerprint density at radius 2 is 2.10 bits per heavy atom. The van der Waals surface area contributed by atoms with Crippen molar-refractivity contribution in [2.45, 2.75) is 31.8 Å². The average Bonchev–Trinajstić information content (AvgIpc) is 2.54. The molecule has 0 saturated carbocycles. The molecule has 1 atom stereocenters. The topological polar surface area (TPSA) is 50.4 Å². The van der Waals surface area contributed by atoms with Crippen molar-refractivity contribution in [3.8, 4) is 11.8 Å². The lowest BCUT2D eigenvalue weighted by Crippen LogP contribution is -2.37. The molecule has 2 amide bonds. The molecule has 1 fully saturated rings. The van der Waals surface area contributed by atoms with Gasteiger partial charge in [-0.1, -0.05) is 30.0 Å². The van der Waals surface area contributed by atoms with Crippen molar-refractivity contribution >= 4 is 6.03 Å². The fourth-order valence-corrected chi connectivity index (χ4v) is 2.24.